The number of carbonyl (C=O) groups is 1. The Morgan fingerprint density at radius 3 is 2.95 bits per heavy atom. The highest BCUT2D eigenvalue weighted by Crippen LogP contribution is 2.34. The van der Waals surface area contributed by atoms with Crippen molar-refractivity contribution in [1.82, 2.24) is 19.4 Å². The molecule has 0 atom stereocenters. The minimum atomic E-state index is -0.241. The molecule has 0 aromatic carbocycles. The highest BCUT2D eigenvalue weighted by molar-refractivity contribution is 7.03. The van der Waals surface area contributed by atoms with Gasteiger partial charge in [-0.25, -0.2) is 0 Å². The van der Waals surface area contributed by atoms with Crippen molar-refractivity contribution in [2.75, 3.05) is 5.32 Å². The van der Waals surface area contributed by atoms with Crippen molar-refractivity contribution in [3.8, 4) is 0 Å². The molecule has 0 radical (unpaired) electrons. The smallest absolute Gasteiger partial charge is 0.278 e. The molecule has 100 valence electrons. The molecule has 0 saturated heterocycles. The third-order valence-corrected chi connectivity index (χ3v) is 4.01. The molecule has 1 amide bonds. The van der Waals surface area contributed by atoms with Crippen LogP contribution in [0.5, 0.6) is 0 Å². The largest absolute Gasteiger partial charge is 0.305 e. The van der Waals surface area contributed by atoms with Crippen molar-refractivity contribution in [2.45, 2.75) is 31.6 Å². The van der Waals surface area contributed by atoms with E-state index < -0.39 is 0 Å². The minimum Gasteiger partial charge on any atom is -0.305 e. The van der Waals surface area contributed by atoms with Gasteiger partial charge in [0.15, 0.2) is 5.69 Å². The van der Waals surface area contributed by atoms with Crippen LogP contribution in [0.25, 0.3) is 0 Å². The highest BCUT2D eigenvalue weighted by Gasteiger charge is 2.21. The fourth-order valence-corrected chi connectivity index (χ4v) is 2.91. The van der Waals surface area contributed by atoms with Gasteiger partial charge in [0.1, 0.15) is 5.82 Å². The van der Waals surface area contributed by atoms with E-state index in [4.69, 9.17) is 0 Å². The lowest BCUT2D eigenvalue weighted by atomic mass is 10.0. The van der Waals surface area contributed by atoms with E-state index in [1.807, 2.05) is 13.1 Å². The van der Waals surface area contributed by atoms with E-state index >= 15 is 0 Å². The first kappa shape index (κ1) is 12.3. The second kappa shape index (κ2) is 5.08. The number of carbonyl (C=O) groups excluding carboxylic acids is 1. The van der Waals surface area contributed by atoms with Crippen LogP contribution < -0.4 is 5.32 Å². The summed E-state index contributed by atoms with van der Waals surface area (Å²) in [4.78, 5) is 11.9. The van der Waals surface area contributed by atoms with Crippen molar-refractivity contribution in [2.24, 2.45) is 7.05 Å². The first-order valence-corrected chi connectivity index (χ1v) is 7.20. The quantitative estimate of drug-likeness (QED) is 0.933. The van der Waals surface area contributed by atoms with E-state index in [0.29, 0.717) is 17.4 Å². The molecule has 0 bridgehead atoms. The second-order valence-electron chi connectivity index (χ2n) is 4.80. The van der Waals surface area contributed by atoms with Gasteiger partial charge in [0.05, 0.1) is 5.69 Å². The number of rotatable bonds is 3. The van der Waals surface area contributed by atoms with Gasteiger partial charge in [-0.05, 0) is 24.4 Å². The Hall–Kier alpha value is -1.76. The van der Waals surface area contributed by atoms with Crippen LogP contribution in [0.2, 0.25) is 0 Å². The third kappa shape index (κ3) is 2.51. The summed E-state index contributed by atoms with van der Waals surface area (Å²) in [6, 6.07) is 1.97. The molecule has 1 aliphatic rings. The van der Waals surface area contributed by atoms with Gasteiger partial charge >= 0.3 is 0 Å². The zero-order valence-electron chi connectivity index (χ0n) is 10.7. The van der Waals surface area contributed by atoms with Gasteiger partial charge in [-0.3, -0.25) is 9.48 Å². The Balaban J connectivity index is 1.76. The predicted molar refractivity (Wildman–Crippen MR) is 72.3 cm³/mol. The van der Waals surface area contributed by atoms with Crippen LogP contribution in [0.15, 0.2) is 11.4 Å². The summed E-state index contributed by atoms with van der Waals surface area (Å²) in [7, 11) is 1.84. The molecule has 1 saturated carbocycles. The van der Waals surface area contributed by atoms with Gasteiger partial charge in [-0.1, -0.05) is 17.3 Å². The Morgan fingerprint density at radius 2 is 2.26 bits per heavy atom. The lowest BCUT2D eigenvalue weighted by Crippen LogP contribution is -2.14. The van der Waals surface area contributed by atoms with Crippen LogP contribution >= 0.6 is 11.5 Å². The number of hydrogen-bond donors (Lipinski definition) is 1. The minimum absolute atomic E-state index is 0.241. The summed E-state index contributed by atoms with van der Waals surface area (Å²) in [6.07, 6.45) is 4.93. The summed E-state index contributed by atoms with van der Waals surface area (Å²) in [5.41, 5.74) is 1.42. The molecule has 6 nitrogen and oxygen atoms in total. The number of anilines is 1. The molecule has 0 aliphatic heterocycles. The van der Waals surface area contributed by atoms with Gasteiger partial charge in [-0.15, -0.1) is 5.10 Å². The van der Waals surface area contributed by atoms with Gasteiger partial charge in [0, 0.05) is 24.4 Å². The number of nitrogens with one attached hydrogen (secondary N) is 1. The van der Waals surface area contributed by atoms with Crippen molar-refractivity contribution >= 4 is 23.3 Å². The lowest BCUT2D eigenvalue weighted by molar-refractivity contribution is 0.102. The Labute approximate surface area is 115 Å². The molecule has 1 aliphatic carbocycles. The summed E-state index contributed by atoms with van der Waals surface area (Å²) in [6.45, 7) is 0. The zero-order chi connectivity index (χ0) is 13.2. The van der Waals surface area contributed by atoms with Crippen LogP contribution in [0.3, 0.4) is 0 Å². The van der Waals surface area contributed by atoms with Crippen LogP contribution in [0.1, 0.15) is 47.8 Å². The molecule has 0 unspecified atom stereocenters. The molecule has 0 spiro atoms. The maximum absolute atomic E-state index is 11.9. The van der Waals surface area contributed by atoms with Crippen molar-refractivity contribution in [1.29, 1.82) is 0 Å². The molecule has 7 heteroatoms. The second-order valence-corrected chi connectivity index (χ2v) is 5.41. The zero-order valence-corrected chi connectivity index (χ0v) is 11.5. The molecule has 1 N–H and O–H groups in total. The van der Waals surface area contributed by atoms with Crippen molar-refractivity contribution in [3.63, 3.8) is 0 Å². The number of amides is 1. The van der Waals surface area contributed by atoms with E-state index in [1.165, 1.54) is 25.7 Å². The van der Waals surface area contributed by atoms with E-state index in [2.05, 4.69) is 20.0 Å². The summed E-state index contributed by atoms with van der Waals surface area (Å²) >= 11 is 1.16. The normalized spacial score (nSPS) is 15.8. The standard InChI is InChI=1S/C12H15N5OS/c1-17-11(13-12(18)10-7-19-16-14-10)6-9(15-17)8-4-2-3-5-8/h6-8H,2-5H2,1H3,(H,13,18). The number of aromatic nitrogens is 4. The van der Waals surface area contributed by atoms with Gasteiger partial charge in [0.25, 0.3) is 5.91 Å². The van der Waals surface area contributed by atoms with Gasteiger partial charge in [-0.2, -0.15) is 5.10 Å². The van der Waals surface area contributed by atoms with Crippen LogP contribution in [-0.4, -0.2) is 25.3 Å². The summed E-state index contributed by atoms with van der Waals surface area (Å²) < 4.78 is 5.40. The van der Waals surface area contributed by atoms with Crippen LogP contribution in [0.4, 0.5) is 5.82 Å². The molecular weight excluding hydrogens is 262 g/mol. The lowest BCUT2D eigenvalue weighted by Gasteiger charge is -2.02. The number of nitrogens with zero attached hydrogens (tertiary/aromatic N) is 4. The third-order valence-electron chi connectivity index (χ3n) is 3.51. The predicted octanol–water partition coefficient (Wildman–Crippen LogP) is 2.18. The van der Waals surface area contributed by atoms with E-state index in [1.54, 1.807) is 10.1 Å². The Bertz CT molecular complexity index is 571. The topological polar surface area (TPSA) is 72.7 Å². The van der Waals surface area contributed by atoms with E-state index in [0.717, 1.165) is 17.2 Å². The molecule has 1 fully saturated rings. The number of aryl methyl sites for hydroxylation is 1. The van der Waals surface area contributed by atoms with Crippen molar-refractivity contribution in [3.05, 3.63) is 22.8 Å². The van der Waals surface area contributed by atoms with Crippen LogP contribution in [0, 0.1) is 0 Å². The van der Waals surface area contributed by atoms with E-state index in [-0.39, 0.29) is 5.91 Å². The fourth-order valence-electron chi connectivity index (χ4n) is 2.47. The molecule has 2 heterocycles. The van der Waals surface area contributed by atoms with Crippen LogP contribution in [-0.2, 0) is 7.05 Å². The average molecular weight is 277 g/mol. The maximum Gasteiger partial charge on any atom is 0.278 e. The number of hydrogen-bond acceptors (Lipinski definition) is 5. The average Bonchev–Trinajstić information content (AvgIpc) is 3.09. The van der Waals surface area contributed by atoms with Gasteiger partial charge < -0.3 is 5.32 Å². The first-order valence-electron chi connectivity index (χ1n) is 6.36. The molecule has 2 aromatic heterocycles. The summed E-state index contributed by atoms with van der Waals surface area (Å²) in [5, 5.41) is 12.7. The highest BCUT2D eigenvalue weighted by atomic mass is 32.1. The SMILES string of the molecule is Cn1nc(C2CCCC2)cc1NC(=O)c1csnn1. The van der Waals surface area contributed by atoms with Crippen molar-refractivity contribution < 1.29 is 4.79 Å². The van der Waals surface area contributed by atoms with E-state index in [9.17, 15) is 4.79 Å². The summed E-state index contributed by atoms with van der Waals surface area (Å²) in [5.74, 6) is 1.01. The molecule has 2 aromatic rings. The maximum atomic E-state index is 11.9. The molecule has 3 rings (SSSR count). The monoisotopic (exact) mass is 277 g/mol. The Kier molecular flexibility index (Phi) is 3.29. The first-order chi connectivity index (χ1) is 9.24. The molecule has 19 heavy (non-hydrogen) atoms. The molecular formula is C12H15N5OS. The fraction of sp³-hybridized carbons (Fsp3) is 0.500. The Morgan fingerprint density at radius 1 is 1.47 bits per heavy atom. The van der Waals surface area contributed by atoms with Gasteiger partial charge in [0.2, 0.25) is 0 Å².